The number of amides is 1. The summed E-state index contributed by atoms with van der Waals surface area (Å²) in [7, 11) is 0. The molecule has 3 rings (SSSR count). The van der Waals surface area contributed by atoms with E-state index in [4.69, 9.17) is 16.3 Å². The van der Waals surface area contributed by atoms with Crippen molar-refractivity contribution >= 4 is 68.9 Å². The van der Waals surface area contributed by atoms with E-state index in [1.807, 2.05) is 42.5 Å². The van der Waals surface area contributed by atoms with Gasteiger partial charge >= 0.3 is 0 Å². The number of carbonyl (C=O) groups excluding carboxylic acids is 1. The molecule has 0 bridgehead atoms. The summed E-state index contributed by atoms with van der Waals surface area (Å²) in [6, 6.07) is 20.6. The van der Waals surface area contributed by atoms with Crippen LogP contribution in [-0.2, 0) is 6.61 Å². The van der Waals surface area contributed by atoms with Gasteiger partial charge in [-0.2, -0.15) is 5.10 Å². The van der Waals surface area contributed by atoms with Crippen LogP contribution < -0.4 is 10.2 Å². The fourth-order valence-electron chi connectivity index (χ4n) is 2.35. The van der Waals surface area contributed by atoms with Crippen molar-refractivity contribution in [2.45, 2.75) is 6.61 Å². The van der Waals surface area contributed by atoms with E-state index >= 15 is 0 Å². The average Bonchev–Trinajstić information content (AvgIpc) is 2.68. The zero-order valence-corrected chi connectivity index (χ0v) is 19.6. The van der Waals surface area contributed by atoms with E-state index in [1.54, 1.807) is 30.5 Å². The van der Waals surface area contributed by atoms with Crippen molar-refractivity contribution in [2.75, 3.05) is 0 Å². The molecule has 4 nitrogen and oxygen atoms in total. The van der Waals surface area contributed by atoms with E-state index in [-0.39, 0.29) is 5.91 Å². The Morgan fingerprint density at radius 1 is 1.04 bits per heavy atom. The average molecular weight is 617 g/mol. The second-order valence-electron chi connectivity index (χ2n) is 5.79. The molecule has 0 heterocycles. The standard InChI is InChI=1S/C21H15ClI2N2O2/c22-17-8-6-16(7-9-17)21(27)26-25-12-15-10-18(23)20(19(24)11-15)28-13-14-4-2-1-3-5-14/h1-12H,13H2,(H,26,27)/b25-12-. The molecule has 142 valence electrons. The zero-order valence-electron chi connectivity index (χ0n) is 14.5. The molecule has 0 saturated heterocycles. The van der Waals surface area contributed by atoms with Gasteiger partial charge in [-0.15, -0.1) is 0 Å². The fraction of sp³-hybridized carbons (Fsp3) is 0.0476. The molecule has 0 unspecified atom stereocenters. The first-order chi connectivity index (χ1) is 13.5. The lowest BCUT2D eigenvalue weighted by atomic mass is 10.2. The Balaban J connectivity index is 1.64. The largest absolute Gasteiger partial charge is 0.487 e. The lowest BCUT2D eigenvalue weighted by Gasteiger charge is -2.11. The highest BCUT2D eigenvalue weighted by atomic mass is 127. The molecular weight excluding hydrogens is 602 g/mol. The molecule has 0 radical (unpaired) electrons. The summed E-state index contributed by atoms with van der Waals surface area (Å²) in [5.74, 6) is 0.549. The van der Waals surface area contributed by atoms with E-state index in [1.165, 1.54) is 0 Å². The van der Waals surface area contributed by atoms with Gasteiger partial charge in [0.2, 0.25) is 0 Å². The minimum atomic E-state index is -0.292. The third-order valence-corrected chi connectivity index (χ3v) is 5.59. The summed E-state index contributed by atoms with van der Waals surface area (Å²) in [6.45, 7) is 0.511. The van der Waals surface area contributed by atoms with Crippen LogP contribution in [0, 0.1) is 7.14 Å². The van der Waals surface area contributed by atoms with Gasteiger partial charge in [-0.25, -0.2) is 5.43 Å². The molecule has 1 amide bonds. The van der Waals surface area contributed by atoms with E-state index in [0.717, 1.165) is 24.0 Å². The van der Waals surface area contributed by atoms with Crippen LogP contribution in [-0.4, -0.2) is 12.1 Å². The summed E-state index contributed by atoms with van der Waals surface area (Å²) in [4.78, 5) is 12.1. The minimum Gasteiger partial charge on any atom is -0.487 e. The number of hydrazone groups is 1. The lowest BCUT2D eigenvalue weighted by Crippen LogP contribution is -2.17. The number of nitrogens with zero attached hydrogens (tertiary/aromatic N) is 1. The first-order valence-corrected chi connectivity index (χ1v) is 10.8. The number of ether oxygens (including phenoxy) is 1. The Kier molecular flexibility index (Phi) is 7.69. The summed E-state index contributed by atoms with van der Waals surface area (Å²) in [5, 5.41) is 4.62. The highest BCUT2D eigenvalue weighted by Crippen LogP contribution is 2.29. The quantitative estimate of drug-likeness (QED) is 0.213. The number of benzene rings is 3. The second-order valence-corrected chi connectivity index (χ2v) is 8.55. The van der Waals surface area contributed by atoms with Crippen LogP contribution in [0.3, 0.4) is 0 Å². The Labute approximate surface area is 195 Å². The molecule has 0 fully saturated rings. The fourth-order valence-corrected chi connectivity index (χ4v) is 4.61. The van der Waals surface area contributed by atoms with E-state index in [9.17, 15) is 4.79 Å². The Bertz CT molecular complexity index is 970. The Hall–Kier alpha value is -1.65. The minimum absolute atomic E-state index is 0.292. The van der Waals surface area contributed by atoms with Crippen LogP contribution in [0.1, 0.15) is 21.5 Å². The maximum Gasteiger partial charge on any atom is 0.271 e. The monoisotopic (exact) mass is 616 g/mol. The smallest absolute Gasteiger partial charge is 0.271 e. The molecule has 1 N–H and O–H groups in total. The first-order valence-electron chi connectivity index (χ1n) is 8.27. The molecular formula is C21H15ClI2N2O2. The molecule has 3 aromatic rings. The summed E-state index contributed by atoms with van der Waals surface area (Å²) in [5.41, 5.74) is 5.00. The number of nitrogens with one attached hydrogen (secondary N) is 1. The van der Waals surface area contributed by atoms with Gasteiger partial charge in [-0.1, -0.05) is 41.9 Å². The Morgan fingerprint density at radius 2 is 1.68 bits per heavy atom. The lowest BCUT2D eigenvalue weighted by molar-refractivity contribution is 0.0955. The van der Waals surface area contributed by atoms with Gasteiger partial charge in [-0.3, -0.25) is 4.79 Å². The van der Waals surface area contributed by atoms with Crippen LogP contribution in [0.2, 0.25) is 5.02 Å². The van der Waals surface area contributed by atoms with Crippen molar-refractivity contribution in [3.63, 3.8) is 0 Å². The molecule has 0 spiro atoms. The summed E-state index contributed by atoms with van der Waals surface area (Å²) < 4.78 is 7.93. The van der Waals surface area contributed by atoms with Crippen molar-refractivity contribution in [3.8, 4) is 5.75 Å². The van der Waals surface area contributed by atoms with Gasteiger partial charge in [0.25, 0.3) is 5.91 Å². The van der Waals surface area contributed by atoms with Crippen LogP contribution >= 0.6 is 56.8 Å². The van der Waals surface area contributed by atoms with Gasteiger partial charge in [0, 0.05) is 10.6 Å². The predicted octanol–water partition coefficient (Wildman–Crippen LogP) is 5.89. The Morgan fingerprint density at radius 3 is 2.32 bits per heavy atom. The van der Waals surface area contributed by atoms with Crippen molar-refractivity contribution in [3.05, 3.63) is 95.6 Å². The van der Waals surface area contributed by atoms with E-state index in [2.05, 4.69) is 55.7 Å². The molecule has 7 heteroatoms. The number of hydrogen-bond acceptors (Lipinski definition) is 3. The van der Waals surface area contributed by atoms with E-state index in [0.29, 0.717) is 17.2 Å². The first kappa shape index (κ1) is 21.1. The number of hydrogen-bond donors (Lipinski definition) is 1. The number of halogens is 3. The maximum atomic E-state index is 12.1. The molecule has 0 atom stereocenters. The van der Waals surface area contributed by atoms with Crippen LogP contribution in [0.4, 0.5) is 0 Å². The van der Waals surface area contributed by atoms with Gasteiger partial charge in [0.15, 0.2) is 0 Å². The predicted molar refractivity (Wildman–Crippen MR) is 129 cm³/mol. The van der Waals surface area contributed by atoms with Gasteiger partial charge in [0.1, 0.15) is 12.4 Å². The topological polar surface area (TPSA) is 50.7 Å². The summed E-state index contributed by atoms with van der Waals surface area (Å²) >= 11 is 10.3. The number of carbonyl (C=O) groups is 1. The van der Waals surface area contributed by atoms with Crippen molar-refractivity contribution in [1.29, 1.82) is 0 Å². The third kappa shape index (κ3) is 5.92. The maximum absolute atomic E-state index is 12.1. The second kappa shape index (κ2) is 10.2. The molecule has 0 aliphatic heterocycles. The van der Waals surface area contributed by atoms with Crippen molar-refractivity contribution in [2.24, 2.45) is 5.10 Å². The SMILES string of the molecule is O=C(N/N=C\c1cc(I)c(OCc2ccccc2)c(I)c1)c1ccc(Cl)cc1. The zero-order chi connectivity index (χ0) is 19.9. The molecule has 0 saturated carbocycles. The van der Waals surface area contributed by atoms with Crippen molar-refractivity contribution < 1.29 is 9.53 Å². The molecule has 0 aliphatic rings. The number of rotatable bonds is 6. The van der Waals surface area contributed by atoms with Crippen molar-refractivity contribution in [1.82, 2.24) is 5.43 Å². The third-order valence-electron chi connectivity index (χ3n) is 3.73. The molecule has 0 aliphatic carbocycles. The van der Waals surface area contributed by atoms with Crippen LogP contribution in [0.15, 0.2) is 71.8 Å². The van der Waals surface area contributed by atoms with Gasteiger partial charge < -0.3 is 4.74 Å². The molecule has 3 aromatic carbocycles. The highest BCUT2D eigenvalue weighted by molar-refractivity contribution is 14.1. The molecule has 0 aromatic heterocycles. The van der Waals surface area contributed by atoms with Gasteiger partial charge in [0.05, 0.1) is 13.4 Å². The van der Waals surface area contributed by atoms with Crippen LogP contribution in [0.5, 0.6) is 5.75 Å². The highest BCUT2D eigenvalue weighted by Gasteiger charge is 2.09. The summed E-state index contributed by atoms with van der Waals surface area (Å²) in [6.07, 6.45) is 1.61. The van der Waals surface area contributed by atoms with Gasteiger partial charge in [-0.05, 0) is 92.7 Å². The normalized spacial score (nSPS) is 10.8. The molecule has 28 heavy (non-hydrogen) atoms. The van der Waals surface area contributed by atoms with Crippen LogP contribution in [0.25, 0.3) is 0 Å². The van der Waals surface area contributed by atoms with E-state index < -0.39 is 0 Å².